The Labute approximate surface area is 176 Å². The summed E-state index contributed by atoms with van der Waals surface area (Å²) in [6, 6.07) is 13.5. The topological polar surface area (TPSA) is 41.5 Å². The molecule has 2 fully saturated rings. The molecular weight excluding hydrogens is 380 g/mol. The summed E-state index contributed by atoms with van der Waals surface area (Å²) in [4.78, 5) is 16.7. The minimum absolute atomic E-state index is 0.334. The molecule has 152 valence electrons. The Morgan fingerprint density at radius 2 is 1.72 bits per heavy atom. The van der Waals surface area contributed by atoms with Gasteiger partial charge in [0.25, 0.3) is 0 Å². The van der Waals surface area contributed by atoms with Gasteiger partial charge in [-0.05, 0) is 38.3 Å². The van der Waals surface area contributed by atoms with Crippen LogP contribution in [0.2, 0.25) is 0 Å². The minimum Gasteiger partial charge on any atom is -0.373 e. The zero-order valence-electron chi connectivity index (χ0n) is 17.1. The van der Waals surface area contributed by atoms with Crippen LogP contribution in [0.3, 0.4) is 0 Å². The summed E-state index contributed by atoms with van der Waals surface area (Å²) in [5, 5.41) is 1.18. The average molecular weight is 409 g/mol. The van der Waals surface area contributed by atoms with Gasteiger partial charge in [-0.3, -0.25) is 4.90 Å². The predicted molar refractivity (Wildman–Crippen MR) is 120 cm³/mol. The Morgan fingerprint density at radius 3 is 2.45 bits per heavy atom. The standard InChI is InChI=1S/C23H28N4OS/c1-16-13-27(14-17(2)28-16)19-8-10-26(11-9-19)22-20-12-21(18-6-4-3-5-7-18)29-23(20)25-15-24-22/h3-7,12,15-17,19H,8-11,13-14H2,1-2H3. The molecule has 2 aliphatic rings. The molecule has 2 aliphatic heterocycles. The smallest absolute Gasteiger partial charge is 0.140 e. The van der Waals surface area contributed by atoms with E-state index >= 15 is 0 Å². The van der Waals surface area contributed by atoms with Crippen LogP contribution in [0.25, 0.3) is 20.7 Å². The number of ether oxygens (including phenoxy) is 1. The normalized spacial score (nSPS) is 24.3. The SMILES string of the molecule is CC1CN(C2CCN(c3ncnc4sc(-c5ccccc5)cc34)CC2)CC(C)O1. The first-order valence-corrected chi connectivity index (χ1v) is 11.4. The number of thiophene rings is 1. The molecule has 0 amide bonds. The number of benzene rings is 1. The van der Waals surface area contributed by atoms with Gasteiger partial charge >= 0.3 is 0 Å². The molecule has 5 nitrogen and oxygen atoms in total. The zero-order chi connectivity index (χ0) is 19.8. The Kier molecular flexibility index (Phi) is 5.24. The van der Waals surface area contributed by atoms with Crippen molar-refractivity contribution in [3.8, 4) is 10.4 Å². The van der Waals surface area contributed by atoms with E-state index < -0.39 is 0 Å². The van der Waals surface area contributed by atoms with E-state index in [1.807, 2.05) is 0 Å². The van der Waals surface area contributed by atoms with E-state index in [0.717, 1.165) is 36.8 Å². The highest BCUT2D eigenvalue weighted by Crippen LogP contribution is 2.37. The van der Waals surface area contributed by atoms with Gasteiger partial charge in [0.2, 0.25) is 0 Å². The van der Waals surface area contributed by atoms with Crippen molar-refractivity contribution in [2.45, 2.75) is 44.9 Å². The molecular formula is C23H28N4OS. The van der Waals surface area contributed by atoms with Crippen LogP contribution in [-0.2, 0) is 4.74 Å². The van der Waals surface area contributed by atoms with Gasteiger partial charge in [0.15, 0.2) is 0 Å². The quantitative estimate of drug-likeness (QED) is 0.641. The summed E-state index contributed by atoms with van der Waals surface area (Å²) < 4.78 is 5.92. The molecule has 0 aliphatic carbocycles. The van der Waals surface area contributed by atoms with Crippen molar-refractivity contribution in [2.24, 2.45) is 0 Å². The van der Waals surface area contributed by atoms with Crippen molar-refractivity contribution in [1.29, 1.82) is 0 Å². The first-order valence-electron chi connectivity index (χ1n) is 10.6. The molecule has 6 heteroatoms. The molecule has 2 aromatic heterocycles. The molecule has 2 atom stereocenters. The maximum Gasteiger partial charge on any atom is 0.140 e. The van der Waals surface area contributed by atoms with Gasteiger partial charge in [-0.25, -0.2) is 9.97 Å². The number of fused-ring (bicyclic) bond motifs is 1. The van der Waals surface area contributed by atoms with Crippen molar-refractivity contribution in [2.75, 3.05) is 31.1 Å². The van der Waals surface area contributed by atoms with Crippen LogP contribution in [0.1, 0.15) is 26.7 Å². The summed E-state index contributed by atoms with van der Waals surface area (Å²) in [6.07, 6.45) is 4.75. The highest BCUT2D eigenvalue weighted by atomic mass is 32.1. The largest absolute Gasteiger partial charge is 0.373 e. The number of rotatable bonds is 3. The fraction of sp³-hybridized carbons (Fsp3) is 0.478. The van der Waals surface area contributed by atoms with Crippen LogP contribution in [0.5, 0.6) is 0 Å². The van der Waals surface area contributed by atoms with Gasteiger partial charge in [0.1, 0.15) is 17.0 Å². The second kappa shape index (κ2) is 8.01. The molecule has 0 radical (unpaired) electrons. The van der Waals surface area contributed by atoms with E-state index in [4.69, 9.17) is 4.74 Å². The lowest BCUT2D eigenvalue weighted by molar-refractivity contribution is -0.0826. The molecule has 5 rings (SSSR count). The first-order chi connectivity index (χ1) is 14.2. The summed E-state index contributed by atoms with van der Waals surface area (Å²) in [6.45, 7) is 8.59. The average Bonchev–Trinajstić information content (AvgIpc) is 3.18. The number of morpholine rings is 1. The fourth-order valence-corrected chi connectivity index (χ4v) is 5.80. The number of anilines is 1. The van der Waals surface area contributed by atoms with Crippen LogP contribution < -0.4 is 4.90 Å². The summed E-state index contributed by atoms with van der Waals surface area (Å²) in [7, 11) is 0. The van der Waals surface area contributed by atoms with E-state index in [2.05, 4.69) is 70.0 Å². The summed E-state index contributed by atoms with van der Waals surface area (Å²) in [5.74, 6) is 1.09. The molecule has 0 N–H and O–H groups in total. The van der Waals surface area contributed by atoms with Crippen LogP contribution in [-0.4, -0.2) is 59.3 Å². The molecule has 3 aromatic rings. The Bertz CT molecular complexity index is 957. The third-order valence-corrected chi connectivity index (χ3v) is 7.19. The highest BCUT2D eigenvalue weighted by molar-refractivity contribution is 7.21. The molecule has 0 spiro atoms. The predicted octanol–water partition coefficient (Wildman–Crippen LogP) is 4.44. The van der Waals surface area contributed by atoms with Crippen molar-refractivity contribution in [3.05, 3.63) is 42.7 Å². The van der Waals surface area contributed by atoms with Gasteiger partial charge < -0.3 is 9.64 Å². The third kappa shape index (κ3) is 3.89. The zero-order valence-corrected chi connectivity index (χ0v) is 17.9. The lowest BCUT2D eigenvalue weighted by atomic mass is 10.0. The van der Waals surface area contributed by atoms with E-state index in [-0.39, 0.29) is 0 Å². The second-order valence-electron chi connectivity index (χ2n) is 8.32. The number of hydrogen-bond acceptors (Lipinski definition) is 6. The number of hydrogen-bond donors (Lipinski definition) is 0. The fourth-order valence-electron chi connectivity index (χ4n) is 4.80. The van der Waals surface area contributed by atoms with Crippen molar-refractivity contribution in [1.82, 2.24) is 14.9 Å². The van der Waals surface area contributed by atoms with E-state index in [1.54, 1.807) is 17.7 Å². The van der Waals surface area contributed by atoms with Crippen LogP contribution in [0.4, 0.5) is 5.82 Å². The maximum atomic E-state index is 5.92. The molecule has 1 aromatic carbocycles. The second-order valence-corrected chi connectivity index (χ2v) is 9.35. The Morgan fingerprint density at radius 1 is 1.00 bits per heavy atom. The first kappa shape index (κ1) is 19.0. The Balaban J connectivity index is 1.34. The summed E-state index contributed by atoms with van der Waals surface area (Å²) in [5.41, 5.74) is 1.25. The van der Waals surface area contributed by atoms with Crippen LogP contribution >= 0.6 is 11.3 Å². The minimum atomic E-state index is 0.334. The third-order valence-electron chi connectivity index (χ3n) is 6.09. The molecule has 4 heterocycles. The lowest BCUT2D eigenvalue weighted by Gasteiger charge is -2.43. The maximum absolute atomic E-state index is 5.92. The summed E-state index contributed by atoms with van der Waals surface area (Å²) >= 11 is 1.75. The van der Waals surface area contributed by atoms with Crippen molar-refractivity contribution >= 4 is 27.4 Å². The van der Waals surface area contributed by atoms with Gasteiger partial charge in [-0.1, -0.05) is 30.3 Å². The molecule has 0 bridgehead atoms. The highest BCUT2D eigenvalue weighted by Gasteiger charge is 2.31. The van der Waals surface area contributed by atoms with Gasteiger partial charge in [-0.2, -0.15) is 0 Å². The molecule has 2 unspecified atom stereocenters. The Hall–Kier alpha value is -2.02. The van der Waals surface area contributed by atoms with Crippen molar-refractivity contribution < 1.29 is 4.74 Å². The van der Waals surface area contributed by atoms with Gasteiger partial charge in [0.05, 0.1) is 17.6 Å². The molecule has 2 saturated heterocycles. The lowest BCUT2D eigenvalue weighted by Crippen LogP contribution is -2.53. The number of piperidine rings is 1. The number of aromatic nitrogens is 2. The molecule has 29 heavy (non-hydrogen) atoms. The van der Waals surface area contributed by atoms with Crippen LogP contribution in [0, 0.1) is 0 Å². The molecule has 0 saturated carbocycles. The van der Waals surface area contributed by atoms with E-state index in [9.17, 15) is 0 Å². The monoisotopic (exact) mass is 408 g/mol. The van der Waals surface area contributed by atoms with Crippen molar-refractivity contribution in [3.63, 3.8) is 0 Å². The van der Waals surface area contributed by atoms with Gasteiger partial charge in [0, 0.05) is 37.1 Å². The van der Waals surface area contributed by atoms with Gasteiger partial charge in [-0.15, -0.1) is 11.3 Å². The number of nitrogens with zero attached hydrogens (tertiary/aromatic N) is 4. The van der Waals surface area contributed by atoms with Crippen LogP contribution in [0.15, 0.2) is 42.7 Å². The van der Waals surface area contributed by atoms with E-state index in [0.29, 0.717) is 18.2 Å². The van der Waals surface area contributed by atoms with E-state index in [1.165, 1.54) is 28.7 Å².